The number of nitrogens with zero attached hydrogens (tertiary/aromatic N) is 3. The molecule has 126 valence electrons. The van der Waals surface area contributed by atoms with Crippen LogP contribution >= 0.6 is 15.9 Å². The number of halogens is 1. The smallest absolute Gasteiger partial charge is 0.135 e. The van der Waals surface area contributed by atoms with Gasteiger partial charge in [0.25, 0.3) is 0 Å². The summed E-state index contributed by atoms with van der Waals surface area (Å²) in [6, 6.07) is 4.22. The second-order valence-corrected chi connectivity index (χ2v) is 7.29. The molecular formula is C17H24BrN3O2. The van der Waals surface area contributed by atoms with Crippen LogP contribution in [0.15, 0.2) is 16.6 Å². The van der Waals surface area contributed by atoms with E-state index in [1.165, 1.54) is 5.69 Å². The lowest BCUT2D eigenvalue weighted by atomic mass is 10.1. The van der Waals surface area contributed by atoms with Crippen LogP contribution in [0, 0.1) is 0 Å². The van der Waals surface area contributed by atoms with Crippen LogP contribution in [-0.2, 0) is 24.9 Å². The number of benzene rings is 1. The summed E-state index contributed by atoms with van der Waals surface area (Å²) in [5, 5.41) is 11.6. The number of aryl methyl sites for hydroxylation is 1. The lowest BCUT2D eigenvalue weighted by Gasteiger charge is -2.26. The number of aromatic hydroxyl groups is 1. The van der Waals surface area contributed by atoms with Crippen molar-refractivity contribution in [1.82, 2.24) is 14.4 Å². The van der Waals surface area contributed by atoms with Crippen LogP contribution < -0.4 is 0 Å². The van der Waals surface area contributed by atoms with Crippen LogP contribution in [0.5, 0.6) is 5.75 Å². The molecule has 2 aromatic rings. The molecule has 0 aliphatic carbocycles. The lowest BCUT2D eigenvalue weighted by Crippen LogP contribution is -2.36. The van der Waals surface area contributed by atoms with Gasteiger partial charge in [0.05, 0.1) is 17.7 Å². The van der Waals surface area contributed by atoms with Gasteiger partial charge in [-0.1, -0.05) is 0 Å². The average molecular weight is 382 g/mol. The second kappa shape index (κ2) is 6.81. The number of rotatable bonds is 4. The zero-order chi connectivity index (χ0) is 16.6. The number of fused-ring (bicyclic) bond motifs is 1. The standard InChI is InChI=1S/C17H24BrN3O2/c1-19(2)11-14-13-8-12(10-21-4-6-23-7-5-21)20(3)16(13)9-15(18)17(14)22/h8-9,22H,4-7,10-11H2,1-3H3. The number of ether oxygens (including phenoxy) is 1. The highest BCUT2D eigenvalue weighted by atomic mass is 79.9. The molecule has 6 heteroatoms. The normalized spacial score (nSPS) is 16.6. The maximum Gasteiger partial charge on any atom is 0.135 e. The Morgan fingerprint density at radius 3 is 2.61 bits per heavy atom. The van der Waals surface area contributed by atoms with E-state index in [1.807, 2.05) is 20.2 Å². The molecule has 1 aromatic carbocycles. The minimum absolute atomic E-state index is 0.342. The number of hydrogen-bond acceptors (Lipinski definition) is 4. The molecule has 0 amide bonds. The third-order valence-corrected chi connectivity index (χ3v) is 5.05. The zero-order valence-corrected chi connectivity index (χ0v) is 15.6. The third kappa shape index (κ3) is 3.40. The fraction of sp³-hybridized carbons (Fsp3) is 0.529. The Labute approximate surface area is 145 Å². The first-order chi connectivity index (χ1) is 11.0. The van der Waals surface area contributed by atoms with E-state index in [2.05, 4.69) is 43.4 Å². The maximum atomic E-state index is 10.5. The number of morpholine rings is 1. The SMILES string of the molecule is CN(C)Cc1c(O)c(Br)cc2c1cc(CN1CCOCC1)n2C. The summed E-state index contributed by atoms with van der Waals surface area (Å²) < 4.78 is 8.41. The molecule has 1 fully saturated rings. The van der Waals surface area contributed by atoms with Crippen molar-refractivity contribution < 1.29 is 9.84 Å². The molecular weight excluding hydrogens is 358 g/mol. The molecule has 1 aromatic heterocycles. The van der Waals surface area contributed by atoms with E-state index in [9.17, 15) is 5.11 Å². The molecule has 0 atom stereocenters. The fourth-order valence-corrected chi connectivity index (χ4v) is 3.62. The molecule has 2 heterocycles. The Kier molecular flexibility index (Phi) is 4.96. The quantitative estimate of drug-likeness (QED) is 0.883. The van der Waals surface area contributed by atoms with E-state index >= 15 is 0 Å². The Bertz CT molecular complexity index is 706. The van der Waals surface area contributed by atoms with E-state index in [4.69, 9.17) is 4.74 Å². The highest BCUT2D eigenvalue weighted by molar-refractivity contribution is 9.10. The Morgan fingerprint density at radius 2 is 1.96 bits per heavy atom. The highest BCUT2D eigenvalue weighted by Crippen LogP contribution is 2.37. The summed E-state index contributed by atoms with van der Waals surface area (Å²) in [5.74, 6) is 0.342. The van der Waals surface area contributed by atoms with Crippen LogP contribution in [0.3, 0.4) is 0 Å². The summed E-state index contributed by atoms with van der Waals surface area (Å²) in [4.78, 5) is 4.49. The molecule has 3 rings (SSSR count). The second-order valence-electron chi connectivity index (χ2n) is 6.44. The number of hydrogen-bond donors (Lipinski definition) is 1. The van der Waals surface area contributed by atoms with Crippen LogP contribution in [0.25, 0.3) is 10.9 Å². The van der Waals surface area contributed by atoms with E-state index in [-0.39, 0.29) is 0 Å². The van der Waals surface area contributed by atoms with Crippen molar-refractivity contribution >= 4 is 26.8 Å². The van der Waals surface area contributed by atoms with Gasteiger partial charge in [0.2, 0.25) is 0 Å². The van der Waals surface area contributed by atoms with Gasteiger partial charge in [0, 0.05) is 55.4 Å². The molecule has 1 aliphatic heterocycles. The van der Waals surface area contributed by atoms with Crippen LogP contribution in [0.2, 0.25) is 0 Å². The first-order valence-electron chi connectivity index (χ1n) is 7.91. The number of aromatic nitrogens is 1. The average Bonchev–Trinajstić information content (AvgIpc) is 2.81. The van der Waals surface area contributed by atoms with Gasteiger partial charge < -0.3 is 19.3 Å². The van der Waals surface area contributed by atoms with Gasteiger partial charge in [-0.25, -0.2) is 0 Å². The largest absolute Gasteiger partial charge is 0.506 e. The molecule has 5 nitrogen and oxygen atoms in total. The molecule has 1 saturated heterocycles. The van der Waals surface area contributed by atoms with Crippen molar-refractivity contribution in [2.45, 2.75) is 13.1 Å². The lowest BCUT2D eigenvalue weighted by molar-refractivity contribution is 0.0333. The Balaban J connectivity index is 2.02. The fourth-order valence-electron chi connectivity index (χ4n) is 3.17. The summed E-state index contributed by atoms with van der Waals surface area (Å²) in [6.45, 7) is 5.18. The van der Waals surface area contributed by atoms with Crippen molar-refractivity contribution in [2.24, 2.45) is 7.05 Å². The van der Waals surface area contributed by atoms with Gasteiger partial charge in [0.1, 0.15) is 5.75 Å². The molecule has 0 unspecified atom stereocenters. The molecule has 0 saturated carbocycles. The molecule has 23 heavy (non-hydrogen) atoms. The zero-order valence-electron chi connectivity index (χ0n) is 14.0. The first kappa shape index (κ1) is 16.8. The van der Waals surface area contributed by atoms with Crippen molar-refractivity contribution in [3.63, 3.8) is 0 Å². The van der Waals surface area contributed by atoms with Crippen molar-refractivity contribution in [3.05, 3.63) is 27.9 Å². The Hall–Kier alpha value is -1.08. The van der Waals surface area contributed by atoms with E-state index in [0.29, 0.717) is 12.3 Å². The minimum Gasteiger partial charge on any atom is -0.506 e. The topological polar surface area (TPSA) is 40.9 Å². The van der Waals surface area contributed by atoms with Crippen LogP contribution in [0.4, 0.5) is 0 Å². The summed E-state index contributed by atoms with van der Waals surface area (Å²) >= 11 is 3.49. The van der Waals surface area contributed by atoms with Crippen molar-refractivity contribution in [2.75, 3.05) is 40.4 Å². The van der Waals surface area contributed by atoms with Crippen LogP contribution in [-0.4, -0.2) is 59.9 Å². The molecule has 0 radical (unpaired) electrons. The molecule has 1 aliphatic rings. The monoisotopic (exact) mass is 381 g/mol. The third-order valence-electron chi connectivity index (χ3n) is 4.44. The first-order valence-corrected chi connectivity index (χ1v) is 8.70. The molecule has 0 spiro atoms. The predicted octanol–water partition coefficient (Wildman–Crippen LogP) is 2.54. The predicted molar refractivity (Wildman–Crippen MR) is 95.8 cm³/mol. The summed E-state index contributed by atoms with van der Waals surface area (Å²) in [5.41, 5.74) is 3.39. The van der Waals surface area contributed by atoms with E-state index in [0.717, 1.165) is 53.8 Å². The Morgan fingerprint density at radius 1 is 1.26 bits per heavy atom. The molecule has 1 N–H and O–H groups in total. The maximum absolute atomic E-state index is 10.5. The van der Waals surface area contributed by atoms with Gasteiger partial charge in [-0.2, -0.15) is 0 Å². The van der Waals surface area contributed by atoms with Crippen molar-refractivity contribution in [3.8, 4) is 5.75 Å². The summed E-state index contributed by atoms with van der Waals surface area (Å²) in [6.07, 6.45) is 0. The van der Waals surface area contributed by atoms with Gasteiger partial charge >= 0.3 is 0 Å². The van der Waals surface area contributed by atoms with E-state index in [1.54, 1.807) is 0 Å². The van der Waals surface area contributed by atoms with Gasteiger partial charge in [0.15, 0.2) is 0 Å². The van der Waals surface area contributed by atoms with Gasteiger partial charge in [-0.05, 0) is 42.2 Å². The summed E-state index contributed by atoms with van der Waals surface area (Å²) in [7, 11) is 6.13. The number of phenolic OH excluding ortho intramolecular Hbond substituents is 1. The van der Waals surface area contributed by atoms with Crippen LogP contribution in [0.1, 0.15) is 11.3 Å². The van der Waals surface area contributed by atoms with Gasteiger partial charge in [-0.3, -0.25) is 4.90 Å². The van der Waals surface area contributed by atoms with Crippen molar-refractivity contribution in [1.29, 1.82) is 0 Å². The van der Waals surface area contributed by atoms with E-state index < -0.39 is 0 Å². The minimum atomic E-state index is 0.342. The highest BCUT2D eigenvalue weighted by Gasteiger charge is 2.18. The van der Waals surface area contributed by atoms with Gasteiger partial charge in [-0.15, -0.1) is 0 Å². The molecule has 0 bridgehead atoms. The number of phenols is 1.